The summed E-state index contributed by atoms with van der Waals surface area (Å²) in [6.07, 6.45) is 1.48. The zero-order valence-electron chi connectivity index (χ0n) is 13.3. The smallest absolute Gasteiger partial charge is 0.294 e. The molecule has 0 bridgehead atoms. The van der Waals surface area contributed by atoms with Crippen LogP contribution in [-0.2, 0) is 6.42 Å². The number of fused-ring (bicyclic) bond motifs is 2. The lowest BCUT2D eigenvalue weighted by Gasteiger charge is -2.29. The maximum atomic E-state index is 13.0. The van der Waals surface area contributed by atoms with Crippen LogP contribution in [0.1, 0.15) is 32.9 Å². The molecule has 0 saturated carbocycles. The highest BCUT2D eigenvalue weighted by Gasteiger charge is 2.28. The predicted molar refractivity (Wildman–Crippen MR) is 96.2 cm³/mol. The van der Waals surface area contributed by atoms with Crippen molar-refractivity contribution in [2.24, 2.45) is 5.73 Å². The average molecular weight is 355 g/mol. The predicted octanol–water partition coefficient (Wildman–Crippen LogP) is 3.78. The Labute approximate surface area is 149 Å². The molecule has 25 heavy (non-hydrogen) atoms. The van der Waals surface area contributed by atoms with Gasteiger partial charge in [-0.2, -0.15) is 0 Å². The van der Waals surface area contributed by atoms with E-state index < -0.39 is 5.91 Å². The van der Waals surface area contributed by atoms with Crippen molar-refractivity contribution in [1.82, 2.24) is 0 Å². The highest BCUT2D eigenvalue weighted by Crippen LogP contribution is 2.32. The largest absolute Gasteiger partial charge is 0.451 e. The molecule has 0 aliphatic carbocycles. The quantitative estimate of drug-likeness (QED) is 0.760. The molecule has 2 heterocycles. The monoisotopic (exact) mass is 354 g/mol. The molecule has 1 aliphatic heterocycles. The van der Waals surface area contributed by atoms with E-state index in [1.165, 1.54) is 0 Å². The summed E-state index contributed by atoms with van der Waals surface area (Å²) in [7, 11) is 0. The molecule has 4 rings (SSSR count). The zero-order valence-corrected chi connectivity index (χ0v) is 14.0. The van der Waals surface area contributed by atoms with Gasteiger partial charge in [0.05, 0.1) is 0 Å². The Morgan fingerprint density at radius 3 is 2.80 bits per heavy atom. The van der Waals surface area contributed by atoms with E-state index in [1.54, 1.807) is 41.3 Å². The topological polar surface area (TPSA) is 76.5 Å². The Bertz CT molecular complexity index is 1010. The second-order valence-corrected chi connectivity index (χ2v) is 6.46. The van der Waals surface area contributed by atoms with Crippen LogP contribution in [0.15, 0.2) is 46.9 Å². The highest BCUT2D eigenvalue weighted by atomic mass is 35.5. The highest BCUT2D eigenvalue weighted by molar-refractivity contribution is 6.31. The molecule has 0 saturated heterocycles. The van der Waals surface area contributed by atoms with Crippen molar-refractivity contribution in [2.75, 3.05) is 11.4 Å². The van der Waals surface area contributed by atoms with E-state index >= 15 is 0 Å². The minimum absolute atomic E-state index is 0.241. The second-order valence-electron chi connectivity index (χ2n) is 6.02. The van der Waals surface area contributed by atoms with Crippen LogP contribution < -0.4 is 10.6 Å². The van der Waals surface area contributed by atoms with Gasteiger partial charge in [0.2, 0.25) is 5.91 Å². The molecule has 126 valence electrons. The summed E-state index contributed by atoms with van der Waals surface area (Å²) < 4.78 is 5.69. The van der Waals surface area contributed by atoms with E-state index in [0.717, 1.165) is 17.4 Å². The molecule has 2 aromatic carbocycles. The number of benzene rings is 2. The maximum absolute atomic E-state index is 13.0. The number of primary amides is 1. The van der Waals surface area contributed by atoms with Crippen LogP contribution in [0.4, 0.5) is 5.69 Å². The Balaban J connectivity index is 1.76. The van der Waals surface area contributed by atoms with Crippen molar-refractivity contribution in [3.63, 3.8) is 0 Å². The lowest BCUT2D eigenvalue weighted by atomic mass is 9.95. The standard InChI is InChI=1S/C19H15ClN2O3/c20-12-6-7-16-11(9-12)10-17(25-16)19(24)22-8-2-4-13-14(18(21)23)3-1-5-15(13)22/h1,3,5-7,9-10H,2,4,8H2,(H2,21,23). The molecule has 0 atom stereocenters. The molecular weight excluding hydrogens is 340 g/mol. The van der Waals surface area contributed by atoms with Crippen molar-refractivity contribution >= 4 is 40.1 Å². The maximum Gasteiger partial charge on any atom is 0.294 e. The SMILES string of the molecule is NC(=O)c1cccc2c1CCCN2C(=O)c1cc2cc(Cl)ccc2o1. The van der Waals surface area contributed by atoms with Crippen LogP contribution in [0.25, 0.3) is 11.0 Å². The van der Waals surface area contributed by atoms with Crippen LogP contribution in [0.3, 0.4) is 0 Å². The Morgan fingerprint density at radius 1 is 1.16 bits per heavy atom. The number of carbonyl (C=O) groups is 2. The third-order valence-electron chi connectivity index (χ3n) is 4.45. The van der Waals surface area contributed by atoms with Crippen LogP contribution in [0.5, 0.6) is 0 Å². The Kier molecular flexibility index (Phi) is 3.73. The lowest BCUT2D eigenvalue weighted by Crippen LogP contribution is -2.36. The van der Waals surface area contributed by atoms with E-state index in [-0.39, 0.29) is 11.7 Å². The summed E-state index contributed by atoms with van der Waals surface area (Å²) in [5.41, 5.74) is 8.06. The number of halogens is 1. The Hall–Kier alpha value is -2.79. The van der Waals surface area contributed by atoms with Gasteiger partial charge in [0.15, 0.2) is 5.76 Å². The molecular formula is C19H15ClN2O3. The van der Waals surface area contributed by atoms with Crippen LogP contribution in [0, 0.1) is 0 Å². The molecule has 1 aliphatic rings. The van der Waals surface area contributed by atoms with Gasteiger partial charge in [-0.1, -0.05) is 17.7 Å². The van der Waals surface area contributed by atoms with E-state index in [2.05, 4.69) is 0 Å². The van der Waals surface area contributed by atoms with Crippen LogP contribution in [-0.4, -0.2) is 18.4 Å². The summed E-state index contributed by atoms with van der Waals surface area (Å²) in [5, 5.41) is 1.36. The van der Waals surface area contributed by atoms with E-state index in [1.807, 2.05) is 6.07 Å². The lowest BCUT2D eigenvalue weighted by molar-refractivity contribution is 0.0956. The average Bonchev–Trinajstić information content (AvgIpc) is 3.03. The van der Waals surface area contributed by atoms with Gasteiger partial charge in [0, 0.05) is 28.2 Å². The third kappa shape index (κ3) is 2.66. The molecule has 0 radical (unpaired) electrons. The Morgan fingerprint density at radius 2 is 2.00 bits per heavy atom. The van der Waals surface area contributed by atoms with Crippen molar-refractivity contribution < 1.29 is 14.0 Å². The van der Waals surface area contributed by atoms with E-state index in [9.17, 15) is 9.59 Å². The number of hydrogen-bond acceptors (Lipinski definition) is 3. The van der Waals surface area contributed by atoms with Crippen molar-refractivity contribution in [3.05, 3.63) is 64.4 Å². The fraction of sp³-hybridized carbons (Fsp3) is 0.158. The molecule has 1 aromatic heterocycles. The molecule has 2 amide bonds. The van der Waals surface area contributed by atoms with Crippen LogP contribution in [0.2, 0.25) is 5.02 Å². The number of carbonyl (C=O) groups excluding carboxylic acids is 2. The number of anilines is 1. The number of hydrogen-bond donors (Lipinski definition) is 1. The van der Waals surface area contributed by atoms with Gasteiger partial charge in [-0.3, -0.25) is 9.59 Å². The number of rotatable bonds is 2. The van der Waals surface area contributed by atoms with Gasteiger partial charge in [-0.05, 0) is 54.8 Å². The summed E-state index contributed by atoms with van der Waals surface area (Å²) in [6.45, 7) is 0.561. The van der Waals surface area contributed by atoms with Gasteiger partial charge in [-0.15, -0.1) is 0 Å². The molecule has 0 fully saturated rings. The first-order valence-corrected chi connectivity index (χ1v) is 8.35. The first-order valence-electron chi connectivity index (χ1n) is 7.97. The molecule has 0 unspecified atom stereocenters. The van der Waals surface area contributed by atoms with E-state index in [4.69, 9.17) is 21.8 Å². The summed E-state index contributed by atoms with van der Waals surface area (Å²) in [5.74, 6) is -0.478. The third-order valence-corrected chi connectivity index (χ3v) is 4.69. The molecule has 5 nitrogen and oxygen atoms in total. The minimum Gasteiger partial charge on any atom is -0.451 e. The minimum atomic E-state index is -0.482. The van der Waals surface area contributed by atoms with E-state index in [0.29, 0.717) is 34.8 Å². The van der Waals surface area contributed by atoms with Gasteiger partial charge in [-0.25, -0.2) is 0 Å². The first kappa shape index (κ1) is 15.7. The van der Waals surface area contributed by atoms with Gasteiger partial charge in [0.25, 0.3) is 5.91 Å². The summed E-state index contributed by atoms with van der Waals surface area (Å²) in [6, 6.07) is 12.2. The second kappa shape index (κ2) is 5.93. The van der Waals surface area contributed by atoms with Gasteiger partial charge >= 0.3 is 0 Å². The summed E-state index contributed by atoms with van der Waals surface area (Å²) >= 11 is 5.99. The fourth-order valence-electron chi connectivity index (χ4n) is 3.32. The number of nitrogens with zero attached hydrogens (tertiary/aromatic N) is 1. The van der Waals surface area contributed by atoms with Gasteiger partial charge in [0.1, 0.15) is 5.58 Å². The van der Waals surface area contributed by atoms with Crippen molar-refractivity contribution in [3.8, 4) is 0 Å². The summed E-state index contributed by atoms with van der Waals surface area (Å²) in [4.78, 5) is 26.3. The molecule has 6 heteroatoms. The molecule has 0 spiro atoms. The van der Waals surface area contributed by atoms with Crippen LogP contribution >= 0.6 is 11.6 Å². The number of amides is 2. The van der Waals surface area contributed by atoms with Gasteiger partial charge < -0.3 is 15.1 Å². The van der Waals surface area contributed by atoms with Crippen molar-refractivity contribution in [2.45, 2.75) is 12.8 Å². The number of nitrogens with two attached hydrogens (primary N) is 1. The number of furan rings is 1. The normalized spacial score (nSPS) is 13.7. The van der Waals surface area contributed by atoms with Crippen molar-refractivity contribution in [1.29, 1.82) is 0 Å². The zero-order chi connectivity index (χ0) is 17.6. The molecule has 3 aromatic rings. The fourth-order valence-corrected chi connectivity index (χ4v) is 3.50. The first-order chi connectivity index (χ1) is 12.0. The molecule has 2 N–H and O–H groups in total.